The zero-order valence-electron chi connectivity index (χ0n) is 25.1. The van der Waals surface area contributed by atoms with Gasteiger partial charge in [-0.3, -0.25) is 4.79 Å². The van der Waals surface area contributed by atoms with Gasteiger partial charge in [-0.1, -0.05) is 98.8 Å². The van der Waals surface area contributed by atoms with E-state index in [0.717, 1.165) is 33.0 Å². The van der Waals surface area contributed by atoms with E-state index in [-0.39, 0.29) is 40.3 Å². The Kier molecular flexibility index (Phi) is 6.76. The van der Waals surface area contributed by atoms with Crippen molar-refractivity contribution in [3.05, 3.63) is 142 Å². The van der Waals surface area contributed by atoms with E-state index in [1.54, 1.807) is 13.0 Å². The van der Waals surface area contributed by atoms with Crippen LogP contribution >= 0.6 is 0 Å². The number of carbonyl (C=O) groups is 1. The molecule has 8 rings (SSSR count). The molecular formula is C38H33O5S-. The molecule has 0 radical (unpaired) electrons. The lowest BCUT2D eigenvalue weighted by molar-refractivity contribution is -0.141. The Morgan fingerprint density at radius 2 is 1.32 bits per heavy atom. The van der Waals surface area contributed by atoms with Gasteiger partial charge >= 0.3 is 5.97 Å². The predicted octanol–water partition coefficient (Wildman–Crippen LogP) is 8.08. The van der Waals surface area contributed by atoms with Crippen molar-refractivity contribution in [3.8, 4) is 5.75 Å². The van der Waals surface area contributed by atoms with Gasteiger partial charge in [0.2, 0.25) is 0 Å². The van der Waals surface area contributed by atoms with Gasteiger partial charge in [0.15, 0.2) is 0 Å². The summed E-state index contributed by atoms with van der Waals surface area (Å²) in [7, 11) is -4.70. The lowest BCUT2D eigenvalue weighted by Gasteiger charge is -2.50. The summed E-state index contributed by atoms with van der Waals surface area (Å²) >= 11 is 0. The van der Waals surface area contributed by atoms with Crippen molar-refractivity contribution in [2.75, 3.05) is 0 Å². The zero-order valence-corrected chi connectivity index (χ0v) is 25.9. The SMILES string of the molecule is Cc1cc(S(=O)(=O)[O-])c(C(C)C)cc1OC(=O)C1C2c3ccccc3C(c3ccccc32)C1c1ccc2ccccc2c1C. The van der Waals surface area contributed by atoms with Crippen molar-refractivity contribution in [1.29, 1.82) is 0 Å². The van der Waals surface area contributed by atoms with Gasteiger partial charge in [-0.25, -0.2) is 8.42 Å². The van der Waals surface area contributed by atoms with E-state index >= 15 is 0 Å². The molecule has 5 aromatic rings. The fourth-order valence-corrected chi connectivity index (χ4v) is 8.67. The number of aryl methyl sites for hydroxylation is 2. The van der Waals surface area contributed by atoms with Crippen LogP contribution in [-0.4, -0.2) is 18.9 Å². The van der Waals surface area contributed by atoms with Crippen LogP contribution in [0.3, 0.4) is 0 Å². The van der Waals surface area contributed by atoms with Crippen LogP contribution in [0, 0.1) is 19.8 Å². The summed E-state index contributed by atoms with van der Waals surface area (Å²) in [5.74, 6) is -1.33. The Morgan fingerprint density at radius 1 is 0.750 bits per heavy atom. The van der Waals surface area contributed by atoms with Gasteiger partial charge < -0.3 is 9.29 Å². The molecule has 6 heteroatoms. The molecule has 2 atom stereocenters. The van der Waals surface area contributed by atoms with Crippen molar-refractivity contribution in [3.63, 3.8) is 0 Å². The molecule has 3 aliphatic rings. The molecule has 0 spiro atoms. The van der Waals surface area contributed by atoms with Gasteiger partial charge in [0.25, 0.3) is 0 Å². The second-order valence-electron chi connectivity index (χ2n) is 12.5. The summed E-state index contributed by atoms with van der Waals surface area (Å²) in [5.41, 5.74) is 7.80. The summed E-state index contributed by atoms with van der Waals surface area (Å²) in [6.07, 6.45) is 0. The topological polar surface area (TPSA) is 83.5 Å². The molecule has 44 heavy (non-hydrogen) atoms. The lowest BCUT2D eigenvalue weighted by atomic mass is 9.52. The van der Waals surface area contributed by atoms with Crippen LogP contribution < -0.4 is 4.74 Å². The average Bonchev–Trinajstić information content (AvgIpc) is 3.01. The van der Waals surface area contributed by atoms with Crippen LogP contribution in [0.1, 0.15) is 82.0 Å². The maximum atomic E-state index is 14.6. The quantitative estimate of drug-likeness (QED) is 0.116. The number of esters is 1. The molecule has 0 fully saturated rings. The monoisotopic (exact) mass is 601 g/mol. The second-order valence-corrected chi connectivity index (χ2v) is 13.8. The molecule has 3 aliphatic carbocycles. The Bertz CT molecular complexity index is 2030. The molecule has 2 unspecified atom stereocenters. The van der Waals surface area contributed by atoms with E-state index in [4.69, 9.17) is 4.74 Å². The molecule has 0 amide bonds. The number of carbonyl (C=O) groups excluding carboxylic acids is 1. The smallest absolute Gasteiger partial charge is 0.315 e. The first-order valence-corrected chi connectivity index (χ1v) is 16.4. The van der Waals surface area contributed by atoms with E-state index in [1.807, 2.05) is 38.1 Å². The standard InChI is InChI=1S/C38H34O5S/c1-21(2)31-20-32(22(3)19-33(31)44(40,41)42)43-38(39)37-35-29-15-9-7-13-27(29)34(28-14-8-10-16-30(28)35)36(37)26-18-17-24-11-5-6-12-25(24)23(26)4/h5-21,34-37H,1-4H3,(H,40,41,42)/p-1. The van der Waals surface area contributed by atoms with E-state index in [2.05, 4.69) is 67.6 Å². The summed E-state index contributed by atoms with van der Waals surface area (Å²) in [5, 5.41) is 2.31. The Balaban J connectivity index is 1.42. The van der Waals surface area contributed by atoms with Gasteiger partial charge in [0, 0.05) is 17.8 Å². The van der Waals surface area contributed by atoms with Gasteiger partial charge in [-0.15, -0.1) is 0 Å². The normalized spacial score (nSPS) is 20.4. The molecule has 0 heterocycles. The van der Waals surface area contributed by atoms with Crippen LogP contribution in [0.15, 0.2) is 102 Å². The van der Waals surface area contributed by atoms with Gasteiger partial charge in [0.05, 0.1) is 10.8 Å². The summed E-state index contributed by atoms with van der Waals surface area (Å²) in [4.78, 5) is 14.4. The Hall–Kier alpha value is -4.26. The number of ether oxygens (including phenoxy) is 1. The third-order valence-corrected chi connectivity index (χ3v) is 10.6. The highest BCUT2D eigenvalue weighted by Crippen LogP contribution is 2.62. The Labute approximate surface area is 258 Å². The molecular weight excluding hydrogens is 568 g/mol. The maximum Gasteiger partial charge on any atom is 0.315 e. The molecule has 222 valence electrons. The molecule has 2 bridgehead atoms. The molecule has 0 aromatic heterocycles. The van der Waals surface area contributed by atoms with Crippen molar-refractivity contribution >= 4 is 26.9 Å². The molecule has 5 aromatic carbocycles. The average molecular weight is 602 g/mol. The minimum absolute atomic E-state index is 0.0508. The van der Waals surface area contributed by atoms with Crippen molar-refractivity contribution in [2.45, 2.75) is 56.3 Å². The molecule has 0 aliphatic heterocycles. The van der Waals surface area contributed by atoms with Crippen molar-refractivity contribution in [2.24, 2.45) is 5.92 Å². The van der Waals surface area contributed by atoms with Crippen LogP contribution in [0.25, 0.3) is 10.8 Å². The van der Waals surface area contributed by atoms with E-state index in [9.17, 15) is 17.8 Å². The van der Waals surface area contributed by atoms with Gasteiger partial charge in [-0.05, 0) is 87.2 Å². The predicted molar refractivity (Wildman–Crippen MR) is 170 cm³/mol. The summed E-state index contributed by atoms with van der Waals surface area (Å²) < 4.78 is 42.5. The highest BCUT2D eigenvalue weighted by molar-refractivity contribution is 7.85. The zero-order chi connectivity index (χ0) is 30.9. The minimum atomic E-state index is -4.70. The van der Waals surface area contributed by atoms with Crippen molar-refractivity contribution < 1.29 is 22.5 Å². The van der Waals surface area contributed by atoms with E-state index < -0.39 is 16.0 Å². The third-order valence-electron chi connectivity index (χ3n) is 9.72. The van der Waals surface area contributed by atoms with E-state index in [0.29, 0.717) is 11.1 Å². The van der Waals surface area contributed by atoms with E-state index in [1.165, 1.54) is 17.2 Å². The fraction of sp³-hybridized carbons (Fsp3) is 0.237. The number of hydrogen-bond acceptors (Lipinski definition) is 5. The van der Waals surface area contributed by atoms with Crippen LogP contribution in [0.2, 0.25) is 0 Å². The summed E-state index contributed by atoms with van der Waals surface area (Å²) in [6.45, 7) is 7.44. The first-order valence-electron chi connectivity index (χ1n) is 15.0. The minimum Gasteiger partial charge on any atom is -0.744 e. The lowest BCUT2D eigenvalue weighted by Crippen LogP contribution is -2.44. The third kappa shape index (κ3) is 4.39. The molecule has 0 saturated carbocycles. The first-order chi connectivity index (χ1) is 21.1. The highest BCUT2D eigenvalue weighted by Gasteiger charge is 2.54. The van der Waals surface area contributed by atoms with Crippen LogP contribution in [0.4, 0.5) is 0 Å². The van der Waals surface area contributed by atoms with Crippen molar-refractivity contribution in [1.82, 2.24) is 0 Å². The first kappa shape index (κ1) is 28.5. The fourth-order valence-electron chi connectivity index (χ4n) is 7.77. The number of hydrogen-bond donors (Lipinski definition) is 0. The molecule has 5 nitrogen and oxygen atoms in total. The second kappa shape index (κ2) is 10.4. The number of rotatable bonds is 5. The van der Waals surface area contributed by atoms with Gasteiger partial charge in [0.1, 0.15) is 15.9 Å². The van der Waals surface area contributed by atoms with Crippen LogP contribution in [-0.2, 0) is 14.9 Å². The number of benzene rings is 5. The number of fused-ring (bicyclic) bond motifs is 2. The largest absolute Gasteiger partial charge is 0.744 e. The molecule has 0 N–H and O–H groups in total. The van der Waals surface area contributed by atoms with Gasteiger partial charge in [-0.2, -0.15) is 0 Å². The molecule has 0 saturated heterocycles. The Morgan fingerprint density at radius 3 is 1.91 bits per heavy atom. The maximum absolute atomic E-state index is 14.6. The van der Waals surface area contributed by atoms with Crippen LogP contribution in [0.5, 0.6) is 5.75 Å². The summed E-state index contributed by atoms with van der Waals surface area (Å²) in [6, 6.07) is 32.4. The highest BCUT2D eigenvalue weighted by atomic mass is 32.2.